The van der Waals surface area contributed by atoms with Crippen LogP contribution in [0.1, 0.15) is 24.2 Å². The maximum Gasteiger partial charge on any atom is 0.264 e. The van der Waals surface area contributed by atoms with E-state index in [1.54, 1.807) is 25.2 Å². The lowest BCUT2D eigenvalue weighted by Crippen LogP contribution is -2.36. The van der Waals surface area contributed by atoms with Crippen LogP contribution in [0, 0.1) is 5.92 Å². The number of hydrogen-bond acceptors (Lipinski definition) is 3. The van der Waals surface area contributed by atoms with Crippen LogP contribution in [0.3, 0.4) is 0 Å². The molecule has 1 aliphatic rings. The van der Waals surface area contributed by atoms with Gasteiger partial charge in [0.05, 0.1) is 5.69 Å². The van der Waals surface area contributed by atoms with Crippen molar-refractivity contribution in [2.45, 2.75) is 13.8 Å². The largest absolute Gasteiger partial charge is 0.482 e. The minimum Gasteiger partial charge on any atom is -0.482 e. The van der Waals surface area contributed by atoms with Crippen molar-refractivity contribution in [2.24, 2.45) is 5.92 Å². The van der Waals surface area contributed by atoms with E-state index in [4.69, 9.17) is 4.74 Å². The van der Waals surface area contributed by atoms with Gasteiger partial charge in [0.25, 0.3) is 11.8 Å². The molecular formula is C14H18N2O3. The van der Waals surface area contributed by atoms with Crippen molar-refractivity contribution in [3.8, 4) is 5.75 Å². The van der Waals surface area contributed by atoms with Gasteiger partial charge < -0.3 is 15.0 Å². The molecule has 19 heavy (non-hydrogen) atoms. The molecule has 1 aromatic rings. The van der Waals surface area contributed by atoms with E-state index in [0.717, 1.165) is 0 Å². The van der Waals surface area contributed by atoms with Gasteiger partial charge in [0.15, 0.2) is 6.61 Å². The first-order valence-corrected chi connectivity index (χ1v) is 6.30. The van der Waals surface area contributed by atoms with Crippen LogP contribution in [0.5, 0.6) is 5.75 Å². The van der Waals surface area contributed by atoms with Crippen LogP contribution in [0.2, 0.25) is 0 Å². The van der Waals surface area contributed by atoms with E-state index < -0.39 is 0 Å². The minimum absolute atomic E-state index is 0.0440. The summed E-state index contributed by atoms with van der Waals surface area (Å²) in [5.74, 6) is 0.770. The second-order valence-electron chi connectivity index (χ2n) is 5.03. The normalized spacial score (nSPS) is 14.1. The molecule has 1 N–H and O–H groups in total. The van der Waals surface area contributed by atoms with Crippen LogP contribution in [0.25, 0.3) is 0 Å². The molecule has 0 radical (unpaired) electrons. The molecule has 2 rings (SSSR count). The molecule has 0 atom stereocenters. The highest BCUT2D eigenvalue weighted by Gasteiger charge is 2.23. The van der Waals surface area contributed by atoms with E-state index >= 15 is 0 Å². The smallest absolute Gasteiger partial charge is 0.264 e. The van der Waals surface area contributed by atoms with Crippen LogP contribution < -0.4 is 15.0 Å². The predicted octanol–water partition coefficient (Wildman–Crippen LogP) is 1.43. The fraction of sp³-hybridized carbons (Fsp3) is 0.429. The third kappa shape index (κ3) is 2.86. The topological polar surface area (TPSA) is 58.6 Å². The Balaban J connectivity index is 2.20. The number of hydrogen-bond donors (Lipinski definition) is 1. The Morgan fingerprint density at radius 1 is 1.47 bits per heavy atom. The summed E-state index contributed by atoms with van der Waals surface area (Å²) in [6.07, 6.45) is 0. The van der Waals surface area contributed by atoms with Crippen LogP contribution in [0.15, 0.2) is 18.2 Å². The monoisotopic (exact) mass is 262 g/mol. The van der Waals surface area contributed by atoms with Crippen molar-refractivity contribution in [3.05, 3.63) is 23.8 Å². The van der Waals surface area contributed by atoms with Gasteiger partial charge >= 0.3 is 0 Å². The highest BCUT2D eigenvalue weighted by molar-refractivity contribution is 6.00. The molecule has 0 aliphatic carbocycles. The highest BCUT2D eigenvalue weighted by Crippen LogP contribution is 2.31. The third-order valence-corrected chi connectivity index (χ3v) is 2.98. The number of ether oxygens (including phenoxy) is 1. The number of amides is 2. The molecule has 1 heterocycles. The van der Waals surface area contributed by atoms with Gasteiger partial charge in [-0.2, -0.15) is 0 Å². The number of carbonyl (C=O) groups is 2. The Morgan fingerprint density at radius 3 is 2.89 bits per heavy atom. The lowest BCUT2D eigenvalue weighted by Gasteiger charge is -2.26. The SMILES string of the molecule is CC(C)CNC(=O)c1ccc2c(c1)N(C)C(=O)CO2. The summed E-state index contributed by atoms with van der Waals surface area (Å²) in [6.45, 7) is 4.74. The molecular weight excluding hydrogens is 244 g/mol. The number of likely N-dealkylation sites (N-methyl/N-ethyl adjacent to an activating group) is 1. The molecule has 2 amide bonds. The van der Waals surface area contributed by atoms with Crippen molar-refractivity contribution < 1.29 is 14.3 Å². The summed E-state index contributed by atoms with van der Waals surface area (Å²) < 4.78 is 5.32. The van der Waals surface area contributed by atoms with Crippen LogP contribution in [-0.4, -0.2) is 32.0 Å². The van der Waals surface area contributed by atoms with Crippen molar-refractivity contribution in [3.63, 3.8) is 0 Å². The first kappa shape index (κ1) is 13.4. The Labute approximate surface area is 112 Å². The molecule has 102 valence electrons. The van der Waals surface area contributed by atoms with Gasteiger partial charge in [-0.25, -0.2) is 0 Å². The Bertz CT molecular complexity index is 511. The Hall–Kier alpha value is -2.04. The summed E-state index contributed by atoms with van der Waals surface area (Å²) in [5, 5.41) is 2.85. The van der Waals surface area contributed by atoms with Gasteiger partial charge in [-0.15, -0.1) is 0 Å². The average Bonchev–Trinajstić information content (AvgIpc) is 2.40. The first-order chi connectivity index (χ1) is 8.99. The van der Waals surface area contributed by atoms with E-state index in [1.165, 1.54) is 4.90 Å². The zero-order chi connectivity index (χ0) is 14.0. The van der Waals surface area contributed by atoms with E-state index in [-0.39, 0.29) is 18.4 Å². The summed E-state index contributed by atoms with van der Waals surface area (Å²) in [6, 6.07) is 5.11. The predicted molar refractivity (Wildman–Crippen MR) is 72.5 cm³/mol. The Kier molecular flexibility index (Phi) is 3.74. The van der Waals surface area contributed by atoms with Crippen molar-refractivity contribution in [1.82, 2.24) is 5.32 Å². The van der Waals surface area contributed by atoms with Gasteiger partial charge in [-0.1, -0.05) is 13.8 Å². The van der Waals surface area contributed by atoms with Gasteiger partial charge in [0.1, 0.15) is 5.75 Å². The van der Waals surface area contributed by atoms with Gasteiger partial charge in [0, 0.05) is 19.2 Å². The van der Waals surface area contributed by atoms with Crippen molar-refractivity contribution in [1.29, 1.82) is 0 Å². The zero-order valence-corrected chi connectivity index (χ0v) is 11.4. The number of nitrogens with one attached hydrogen (secondary N) is 1. The lowest BCUT2D eigenvalue weighted by molar-refractivity contribution is -0.120. The second-order valence-corrected chi connectivity index (χ2v) is 5.03. The van der Waals surface area contributed by atoms with Crippen molar-refractivity contribution >= 4 is 17.5 Å². The molecule has 0 saturated carbocycles. The quantitative estimate of drug-likeness (QED) is 0.896. The molecule has 0 spiro atoms. The third-order valence-electron chi connectivity index (χ3n) is 2.98. The number of benzene rings is 1. The number of nitrogens with zero attached hydrogens (tertiary/aromatic N) is 1. The van der Waals surface area contributed by atoms with Gasteiger partial charge in [-0.05, 0) is 24.1 Å². The molecule has 0 bridgehead atoms. The second kappa shape index (κ2) is 5.30. The van der Waals surface area contributed by atoms with E-state index in [1.807, 2.05) is 13.8 Å². The molecule has 5 heteroatoms. The number of fused-ring (bicyclic) bond motifs is 1. The van der Waals surface area contributed by atoms with E-state index in [9.17, 15) is 9.59 Å². The Morgan fingerprint density at radius 2 is 2.21 bits per heavy atom. The summed E-state index contributed by atoms with van der Waals surface area (Å²) in [7, 11) is 1.68. The maximum atomic E-state index is 12.0. The summed E-state index contributed by atoms with van der Waals surface area (Å²) in [5.41, 5.74) is 1.16. The van der Waals surface area contributed by atoms with Crippen LogP contribution in [0.4, 0.5) is 5.69 Å². The summed E-state index contributed by atoms with van der Waals surface area (Å²) >= 11 is 0. The number of carbonyl (C=O) groups excluding carboxylic acids is 2. The van der Waals surface area contributed by atoms with Crippen LogP contribution in [-0.2, 0) is 4.79 Å². The van der Waals surface area contributed by atoms with Gasteiger partial charge in [0.2, 0.25) is 0 Å². The van der Waals surface area contributed by atoms with Crippen molar-refractivity contribution in [2.75, 3.05) is 25.1 Å². The molecule has 0 saturated heterocycles. The van der Waals surface area contributed by atoms with Gasteiger partial charge in [-0.3, -0.25) is 9.59 Å². The molecule has 0 unspecified atom stereocenters. The molecule has 1 aromatic carbocycles. The van der Waals surface area contributed by atoms with Crippen LogP contribution >= 0.6 is 0 Å². The van der Waals surface area contributed by atoms with E-state index in [2.05, 4.69) is 5.32 Å². The fourth-order valence-electron chi connectivity index (χ4n) is 1.81. The maximum absolute atomic E-state index is 12.0. The number of rotatable bonds is 3. The highest BCUT2D eigenvalue weighted by atomic mass is 16.5. The molecule has 0 aromatic heterocycles. The molecule has 1 aliphatic heterocycles. The average molecular weight is 262 g/mol. The lowest BCUT2D eigenvalue weighted by atomic mass is 10.1. The minimum atomic E-state index is -0.136. The number of anilines is 1. The molecule has 0 fully saturated rings. The molecule has 5 nitrogen and oxygen atoms in total. The van der Waals surface area contributed by atoms with E-state index in [0.29, 0.717) is 29.5 Å². The fourth-order valence-corrected chi connectivity index (χ4v) is 1.81. The zero-order valence-electron chi connectivity index (χ0n) is 11.4. The first-order valence-electron chi connectivity index (χ1n) is 6.30. The standard InChI is InChI=1S/C14H18N2O3/c1-9(2)7-15-14(18)10-4-5-12-11(6-10)16(3)13(17)8-19-12/h4-6,9H,7-8H2,1-3H3,(H,15,18). The summed E-state index contributed by atoms with van der Waals surface area (Å²) in [4.78, 5) is 25.0.